The van der Waals surface area contributed by atoms with Crippen molar-refractivity contribution in [3.8, 4) is 0 Å². The summed E-state index contributed by atoms with van der Waals surface area (Å²) in [4.78, 5) is 4.21. The third-order valence-corrected chi connectivity index (χ3v) is 3.47. The van der Waals surface area contributed by atoms with E-state index in [1.165, 1.54) is 21.9 Å². The summed E-state index contributed by atoms with van der Waals surface area (Å²) < 4.78 is 0. The maximum atomic E-state index is 4.21. The van der Waals surface area contributed by atoms with Gasteiger partial charge in [-0.15, -0.1) is 0 Å². The Morgan fingerprint density at radius 3 is 2.56 bits per heavy atom. The number of hydrogen-bond donors (Lipinski definition) is 0. The Labute approximate surface area is 107 Å². The molecule has 0 bridgehead atoms. The Morgan fingerprint density at radius 2 is 1.72 bits per heavy atom. The van der Waals surface area contributed by atoms with Gasteiger partial charge in [0.2, 0.25) is 0 Å². The Bertz CT molecular complexity index is 653. The maximum Gasteiger partial charge on any atom is 0.0305 e. The summed E-state index contributed by atoms with van der Waals surface area (Å²) in [5.41, 5.74) is 2.62. The van der Waals surface area contributed by atoms with Crippen LogP contribution < -0.4 is 0 Å². The first-order chi connectivity index (χ1) is 8.86. The number of fused-ring (bicyclic) bond motifs is 1. The van der Waals surface area contributed by atoms with Crippen molar-refractivity contribution in [3.63, 3.8) is 0 Å². The highest BCUT2D eigenvalue weighted by Gasteiger charge is 2.10. The summed E-state index contributed by atoms with van der Waals surface area (Å²) >= 11 is 0. The lowest BCUT2D eigenvalue weighted by atomic mass is 9.90. The van der Waals surface area contributed by atoms with Crippen molar-refractivity contribution in [2.75, 3.05) is 0 Å². The van der Waals surface area contributed by atoms with E-state index in [0.29, 0.717) is 5.92 Å². The zero-order chi connectivity index (χ0) is 12.4. The maximum absolute atomic E-state index is 4.21. The minimum absolute atomic E-state index is 0.366. The van der Waals surface area contributed by atoms with Crippen LogP contribution in [0.2, 0.25) is 0 Å². The quantitative estimate of drug-likeness (QED) is 0.639. The molecule has 0 radical (unpaired) electrons. The zero-order valence-corrected chi connectivity index (χ0v) is 10.4. The van der Waals surface area contributed by atoms with Gasteiger partial charge < -0.3 is 0 Å². The molecule has 88 valence electrons. The average molecular weight is 233 g/mol. The summed E-state index contributed by atoms with van der Waals surface area (Å²) in [5, 5.41) is 2.63. The lowest BCUT2D eigenvalue weighted by molar-refractivity contribution is 0.921. The standard InChI is InChI=1S/C17H15N/c1-13(15-8-5-11-18-12-15)16-10-4-7-14-6-2-3-9-17(14)16/h2-13H,1H3. The smallest absolute Gasteiger partial charge is 0.0305 e. The molecule has 0 aliphatic carbocycles. The zero-order valence-electron chi connectivity index (χ0n) is 10.4. The molecule has 3 rings (SSSR count). The molecule has 0 spiro atoms. The van der Waals surface area contributed by atoms with Crippen molar-refractivity contribution in [3.05, 3.63) is 78.1 Å². The van der Waals surface area contributed by atoms with Gasteiger partial charge in [0.15, 0.2) is 0 Å². The molecule has 1 heterocycles. The number of rotatable bonds is 2. The van der Waals surface area contributed by atoms with Gasteiger partial charge in [0.05, 0.1) is 0 Å². The highest BCUT2D eigenvalue weighted by molar-refractivity contribution is 5.86. The van der Waals surface area contributed by atoms with Gasteiger partial charge in [-0.1, -0.05) is 55.5 Å². The van der Waals surface area contributed by atoms with E-state index in [-0.39, 0.29) is 0 Å². The normalized spacial score (nSPS) is 12.5. The van der Waals surface area contributed by atoms with Crippen LogP contribution in [0.1, 0.15) is 24.0 Å². The van der Waals surface area contributed by atoms with Crippen molar-refractivity contribution >= 4 is 10.8 Å². The van der Waals surface area contributed by atoms with Gasteiger partial charge in [-0.05, 0) is 28.0 Å². The molecule has 3 aromatic rings. The molecule has 1 heteroatoms. The topological polar surface area (TPSA) is 12.9 Å². The molecule has 0 N–H and O–H groups in total. The first-order valence-corrected chi connectivity index (χ1v) is 6.24. The molecule has 0 amide bonds. The molecule has 0 saturated heterocycles. The van der Waals surface area contributed by atoms with Crippen molar-refractivity contribution in [1.82, 2.24) is 4.98 Å². The van der Waals surface area contributed by atoms with E-state index in [0.717, 1.165) is 0 Å². The molecule has 1 atom stereocenters. The van der Waals surface area contributed by atoms with Crippen molar-refractivity contribution in [2.24, 2.45) is 0 Å². The fourth-order valence-corrected chi connectivity index (χ4v) is 2.44. The predicted molar refractivity (Wildman–Crippen MR) is 75.7 cm³/mol. The molecule has 0 saturated carbocycles. The number of aromatic nitrogens is 1. The third kappa shape index (κ3) is 1.88. The molecule has 0 fully saturated rings. The number of nitrogens with zero attached hydrogens (tertiary/aromatic N) is 1. The molecule has 0 aliphatic rings. The summed E-state index contributed by atoms with van der Waals surface area (Å²) in [6.45, 7) is 2.23. The van der Waals surface area contributed by atoms with Gasteiger partial charge >= 0.3 is 0 Å². The Morgan fingerprint density at radius 1 is 0.889 bits per heavy atom. The van der Waals surface area contributed by atoms with Gasteiger partial charge in [0.1, 0.15) is 0 Å². The number of hydrogen-bond acceptors (Lipinski definition) is 1. The molecule has 18 heavy (non-hydrogen) atoms. The molecular formula is C17H15N. The van der Waals surface area contributed by atoms with Gasteiger partial charge in [-0.25, -0.2) is 0 Å². The van der Waals surface area contributed by atoms with Crippen LogP contribution >= 0.6 is 0 Å². The van der Waals surface area contributed by atoms with E-state index in [1.54, 1.807) is 0 Å². The van der Waals surface area contributed by atoms with E-state index in [1.807, 2.05) is 18.5 Å². The highest BCUT2D eigenvalue weighted by Crippen LogP contribution is 2.29. The van der Waals surface area contributed by atoms with E-state index >= 15 is 0 Å². The van der Waals surface area contributed by atoms with Crippen LogP contribution in [0.4, 0.5) is 0 Å². The average Bonchev–Trinajstić information content (AvgIpc) is 2.47. The Balaban J connectivity index is 2.15. The molecule has 1 nitrogen and oxygen atoms in total. The molecule has 1 aromatic heterocycles. The molecule has 0 aliphatic heterocycles. The molecular weight excluding hydrogens is 218 g/mol. The van der Waals surface area contributed by atoms with Crippen LogP contribution in [-0.4, -0.2) is 4.98 Å². The second-order valence-corrected chi connectivity index (χ2v) is 4.58. The van der Waals surface area contributed by atoms with Crippen molar-refractivity contribution in [2.45, 2.75) is 12.8 Å². The lowest BCUT2D eigenvalue weighted by Gasteiger charge is -2.14. The van der Waals surface area contributed by atoms with Gasteiger partial charge in [-0.2, -0.15) is 0 Å². The SMILES string of the molecule is CC(c1cccnc1)c1cccc2ccccc12. The van der Waals surface area contributed by atoms with E-state index < -0.39 is 0 Å². The monoisotopic (exact) mass is 233 g/mol. The fourth-order valence-electron chi connectivity index (χ4n) is 2.44. The molecule has 1 unspecified atom stereocenters. The second kappa shape index (κ2) is 4.61. The minimum Gasteiger partial charge on any atom is -0.264 e. The summed E-state index contributed by atoms with van der Waals surface area (Å²) in [6, 6.07) is 19.2. The lowest BCUT2D eigenvalue weighted by Crippen LogP contribution is -1.97. The molecule has 2 aromatic carbocycles. The summed E-state index contributed by atoms with van der Waals surface area (Å²) in [7, 11) is 0. The first-order valence-electron chi connectivity index (χ1n) is 6.24. The summed E-state index contributed by atoms with van der Waals surface area (Å²) in [6.07, 6.45) is 3.77. The third-order valence-electron chi connectivity index (χ3n) is 3.47. The van der Waals surface area contributed by atoms with Crippen LogP contribution in [-0.2, 0) is 0 Å². The van der Waals surface area contributed by atoms with Crippen molar-refractivity contribution in [1.29, 1.82) is 0 Å². The first kappa shape index (κ1) is 11.0. The van der Waals surface area contributed by atoms with E-state index in [9.17, 15) is 0 Å². The van der Waals surface area contributed by atoms with Gasteiger partial charge in [-0.3, -0.25) is 4.98 Å². The van der Waals surface area contributed by atoms with Gasteiger partial charge in [0.25, 0.3) is 0 Å². The second-order valence-electron chi connectivity index (χ2n) is 4.58. The van der Waals surface area contributed by atoms with E-state index in [4.69, 9.17) is 0 Å². The van der Waals surface area contributed by atoms with Crippen LogP contribution in [0.25, 0.3) is 10.8 Å². The van der Waals surface area contributed by atoms with Crippen LogP contribution in [0.5, 0.6) is 0 Å². The van der Waals surface area contributed by atoms with Gasteiger partial charge in [0, 0.05) is 18.3 Å². The number of pyridine rings is 1. The van der Waals surface area contributed by atoms with Crippen LogP contribution in [0.3, 0.4) is 0 Å². The highest BCUT2D eigenvalue weighted by atomic mass is 14.6. The van der Waals surface area contributed by atoms with Crippen LogP contribution in [0, 0.1) is 0 Å². The predicted octanol–water partition coefficient (Wildman–Crippen LogP) is 4.39. The minimum atomic E-state index is 0.366. The van der Waals surface area contributed by atoms with Crippen LogP contribution in [0.15, 0.2) is 67.0 Å². The Kier molecular flexibility index (Phi) is 2.81. The number of benzene rings is 2. The van der Waals surface area contributed by atoms with E-state index in [2.05, 4.69) is 60.4 Å². The Hall–Kier alpha value is -2.15. The summed E-state index contributed by atoms with van der Waals surface area (Å²) in [5.74, 6) is 0.366. The fraction of sp³-hybridized carbons (Fsp3) is 0.118. The largest absolute Gasteiger partial charge is 0.264 e. The van der Waals surface area contributed by atoms with Crippen molar-refractivity contribution < 1.29 is 0 Å².